The van der Waals surface area contributed by atoms with Crippen molar-refractivity contribution in [1.82, 2.24) is 9.13 Å². The fraction of sp³-hybridized carbons (Fsp3) is 0.286. The Kier molecular flexibility index (Phi) is 3.82. The smallest absolute Gasteiger partial charge is 0.337 e. The lowest BCUT2D eigenvalue weighted by atomic mass is 10.0. The van der Waals surface area contributed by atoms with Crippen LogP contribution in [0.5, 0.6) is 0 Å². The highest BCUT2D eigenvalue weighted by atomic mass is 35.5. The molecule has 1 aromatic heterocycles. The summed E-state index contributed by atoms with van der Waals surface area (Å²) in [6.45, 7) is 4.08. The van der Waals surface area contributed by atoms with Crippen LogP contribution in [-0.4, -0.2) is 9.13 Å². The molecule has 0 aliphatic heterocycles. The van der Waals surface area contributed by atoms with E-state index in [-0.39, 0.29) is 11.5 Å². The Hall–Kier alpha value is -2.21. The normalized spacial score (nSPS) is 11.1. The Morgan fingerprint density at radius 3 is 2.33 bits per heavy atom. The van der Waals surface area contributed by atoms with Crippen LogP contribution in [0.1, 0.15) is 25.3 Å². The number of hydrogen-bond donors (Lipinski definition) is 2. The predicted octanol–water partition coefficient (Wildman–Crippen LogP) is 1.48. The molecule has 0 radical (unpaired) electrons. The summed E-state index contributed by atoms with van der Waals surface area (Å²) in [6.07, 6.45) is 0. The van der Waals surface area contributed by atoms with Crippen molar-refractivity contribution in [2.75, 3.05) is 11.5 Å². The van der Waals surface area contributed by atoms with Gasteiger partial charge in [0.1, 0.15) is 11.5 Å². The van der Waals surface area contributed by atoms with Crippen LogP contribution >= 0.6 is 11.6 Å². The molecular weight excluding hydrogens is 292 g/mol. The zero-order chi connectivity index (χ0) is 15.9. The third-order valence-corrected chi connectivity index (χ3v) is 3.71. The first kappa shape index (κ1) is 15.2. The van der Waals surface area contributed by atoms with Crippen LogP contribution in [0.15, 0.2) is 27.8 Å². The molecule has 0 saturated carbocycles. The monoisotopic (exact) mass is 308 g/mol. The third kappa shape index (κ3) is 2.42. The minimum Gasteiger partial charge on any atom is -0.391 e. The predicted molar refractivity (Wildman–Crippen MR) is 85.2 cm³/mol. The van der Waals surface area contributed by atoms with E-state index in [9.17, 15) is 9.59 Å². The molecule has 0 bridgehead atoms. The first-order chi connectivity index (χ1) is 9.75. The van der Waals surface area contributed by atoms with E-state index in [1.165, 1.54) is 7.05 Å². The minimum atomic E-state index is -0.622. The van der Waals surface area contributed by atoms with Crippen LogP contribution in [-0.2, 0) is 7.05 Å². The maximum Gasteiger partial charge on any atom is 0.337 e. The van der Waals surface area contributed by atoms with Crippen molar-refractivity contribution in [2.24, 2.45) is 7.05 Å². The first-order valence-electron chi connectivity index (χ1n) is 6.42. The molecule has 1 heterocycles. The van der Waals surface area contributed by atoms with Crippen molar-refractivity contribution in [3.8, 4) is 5.69 Å². The summed E-state index contributed by atoms with van der Waals surface area (Å²) in [7, 11) is 1.34. The molecule has 0 amide bonds. The quantitative estimate of drug-likeness (QED) is 0.878. The molecule has 112 valence electrons. The van der Waals surface area contributed by atoms with E-state index in [0.29, 0.717) is 16.6 Å². The first-order valence-corrected chi connectivity index (χ1v) is 6.80. The van der Waals surface area contributed by atoms with Gasteiger partial charge in [0, 0.05) is 7.05 Å². The molecule has 2 rings (SSSR count). The number of anilines is 2. The van der Waals surface area contributed by atoms with Crippen LogP contribution in [0.3, 0.4) is 0 Å². The van der Waals surface area contributed by atoms with Crippen molar-refractivity contribution in [2.45, 2.75) is 19.8 Å². The van der Waals surface area contributed by atoms with E-state index >= 15 is 0 Å². The molecule has 0 saturated heterocycles. The van der Waals surface area contributed by atoms with Crippen LogP contribution < -0.4 is 22.7 Å². The van der Waals surface area contributed by atoms with Crippen LogP contribution in [0.4, 0.5) is 11.5 Å². The summed E-state index contributed by atoms with van der Waals surface area (Å²) in [5, 5.41) is 0.369. The van der Waals surface area contributed by atoms with Crippen LogP contribution in [0.25, 0.3) is 5.69 Å². The number of benzene rings is 1. The number of nitrogens with zero attached hydrogens (tertiary/aromatic N) is 2. The minimum absolute atomic E-state index is 0.109. The Bertz CT molecular complexity index is 821. The largest absolute Gasteiger partial charge is 0.391 e. The lowest BCUT2D eigenvalue weighted by Crippen LogP contribution is -2.40. The van der Waals surface area contributed by atoms with Crippen LogP contribution in [0.2, 0.25) is 5.02 Å². The molecule has 0 aliphatic rings. The summed E-state index contributed by atoms with van der Waals surface area (Å²) in [4.78, 5) is 24.0. The molecule has 21 heavy (non-hydrogen) atoms. The average molecular weight is 309 g/mol. The van der Waals surface area contributed by atoms with Crippen LogP contribution in [0, 0.1) is 0 Å². The van der Waals surface area contributed by atoms with Gasteiger partial charge < -0.3 is 11.5 Å². The second-order valence-corrected chi connectivity index (χ2v) is 5.55. The topological polar surface area (TPSA) is 96.0 Å². The van der Waals surface area contributed by atoms with Gasteiger partial charge in [-0.1, -0.05) is 31.5 Å². The Morgan fingerprint density at radius 2 is 1.81 bits per heavy atom. The van der Waals surface area contributed by atoms with Crippen molar-refractivity contribution in [3.05, 3.63) is 49.6 Å². The molecule has 0 unspecified atom stereocenters. The maximum atomic E-state index is 12.3. The van der Waals surface area contributed by atoms with Gasteiger partial charge in [-0.05, 0) is 23.6 Å². The van der Waals surface area contributed by atoms with Gasteiger partial charge in [-0.2, -0.15) is 0 Å². The Morgan fingerprint density at radius 1 is 1.19 bits per heavy atom. The molecule has 0 atom stereocenters. The van der Waals surface area contributed by atoms with E-state index in [2.05, 4.69) is 0 Å². The average Bonchev–Trinajstić information content (AvgIpc) is 2.44. The molecule has 6 nitrogen and oxygen atoms in total. The zero-order valence-corrected chi connectivity index (χ0v) is 12.8. The number of nitrogens with two attached hydrogens (primary N) is 2. The van der Waals surface area contributed by atoms with Gasteiger partial charge in [-0.25, -0.2) is 9.36 Å². The van der Waals surface area contributed by atoms with Crippen molar-refractivity contribution >= 4 is 23.1 Å². The van der Waals surface area contributed by atoms with Crippen molar-refractivity contribution < 1.29 is 0 Å². The number of aromatic nitrogens is 2. The van der Waals surface area contributed by atoms with E-state index in [1.807, 2.05) is 19.9 Å². The molecule has 2 aromatic rings. The lowest BCUT2D eigenvalue weighted by Gasteiger charge is -2.15. The van der Waals surface area contributed by atoms with Gasteiger partial charge in [0.25, 0.3) is 5.56 Å². The number of nitrogen functional groups attached to an aromatic ring is 2. The lowest BCUT2D eigenvalue weighted by molar-refractivity contribution is 0.738. The summed E-state index contributed by atoms with van der Waals surface area (Å²) in [5.41, 5.74) is 11.5. The van der Waals surface area contributed by atoms with Gasteiger partial charge in [0.15, 0.2) is 0 Å². The van der Waals surface area contributed by atoms with Crippen molar-refractivity contribution in [1.29, 1.82) is 0 Å². The van der Waals surface area contributed by atoms with Gasteiger partial charge in [0.05, 0.1) is 10.7 Å². The van der Waals surface area contributed by atoms with Gasteiger partial charge in [-0.15, -0.1) is 0 Å². The zero-order valence-electron chi connectivity index (χ0n) is 12.1. The summed E-state index contributed by atoms with van der Waals surface area (Å²) in [5.74, 6) is 0.193. The molecule has 0 fully saturated rings. The third-order valence-electron chi connectivity index (χ3n) is 3.41. The molecule has 0 spiro atoms. The maximum absolute atomic E-state index is 12.3. The van der Waals surface area contributed by atoms with E-state index in [4.69, 9.17) is 23.1 Å². The number of hydrogen-bond acceptors (Lipinski definition) is 4. The molecule has 4 N–H and O–H groups in total. The van der Waals surface area contributed by atoms with Gasteiger partial charge >= 0.3 is 5.69 Å². The van der Waals surface area contributed by atoms with Crippen molar-refractivity contribution in [3.63, 3.8) is 0 Å². The second kappa shape index (κ2) is 5.29. The van der Waals surface area contributed by atoms with E-state index in [1.54, 1.807) is 12.1 Å². The Labute approximate surface area is 126 Å². The van der Waals surface area contributed by atoms with E-state index < -0.39 is 11.2 Å². The standard InChI is InChI=1S/C14H17ClN4O2/c1-7(2)8-4-5-10(9(15)6-8)19-12(17)11(16)13(20)18(3)14(19)21/h4-7H,16-17H2,1-3H3. The summed E-state index contributed by atoms with van der Waals surface area (Å²) >= 11 is 6.25. The molecule has 0 aliphatic carbocycles. The molecule has 7 heteroatoms. The molecule has 1 aromatic carbocycles. The summed E-state index contributed by atoms with van der Waals surface area (Å²) in [6, 6.07) is 5.33. The highest BCUT2D eigenvalue weighted by Crippen LogP contribution is 2.26. The van der Waals surface area contributed by atoms with Gasteiger partial charge in [-0.3, -0.25) is 9.36 Å². The number of rotatable bonds is 2. The highest BCUT2D eigenvalue weighted by molar-refractivity contribution is 6.32. The SMILES string of the molecule is CC(C)c1ccc(-n2c(N)c(N)c(=O)n(C)c2=O)c(Cl)c1. The van der Waals surface area contributed by atoms with Gasteiger partial charge in [0.2, 0.25) is 0 Å². The fourth-order valence-electron chi connectivity index (χ4n) is 2.05. The summed E-state index contributed by atoms with van der Waals surface area (Å²) < 4.78 is 2.04. The highest BCUT2D eigenvalue weighted by Gasteiger charge is 2.16. The van der Waals surface area contributed by atoms with E-state index in [0.717, 1.165) is 14.7 Å². The number of halogens is 1. The Balaban J connectivity index is 2.80. The fourth-order valence-corrected chi connectivity index (χ4v) is 2.32. The molecular formula is C14H17ClN4O2. The second-order valence-electron chi connectivity index (χ2n) is 5.15.